The molecule has 6 heteroatoms. The van der Waals surface area contributed by atoms with Gasteiger partial charge in [-0.15, -0.1) is 0 Å². The summed E-state index contributed by atoms with van der Waals surface area (Å²) in [4.78, 5) is 0. The Bertz CT molecular complexity index is 458. The molecule has 0 spiro atoms. The van der Waals surface area contributed by atoms with E-state index in [4.69, 9.17) is 5.26 Å². The summed E-state index contributed by atoms with van der Waals surface area (Å²) in [6.07, 6.45) is -4.48. The van der Waals surface area contributed by atoms with Crippen LogP contribution in [0.25, 0.3) is 0 Å². The molecule has 0 radical (unpaired) electrons. The Morgan fingerprint density at radius 3 is 2.53 bits per heavy atom. The maximum absolute atomic E-state index is 12.5. The topological polar surface area (TPSA) is 47.9 Å². The molecule has 0 atom stereocenters. The Morgan fingerprint density at radius 1 is 1.35 bits per heavy atom. The lowest BCUT2D eigenvalue weighted by atomic mass is 10.1. The summed E-state index contributed by atoms with van der Waals surface area (Å²) in [6.45, 7) is 1.56. The molecule has 1 heterocycles. The molecule has 0 saturated carbocycles. The van der Waals surface area contributed by atoms with E-state index in [2.05, 4.69) is 10.6 Å². The third kappa shape index (κ3) is 2.50. The minimum atomic E-state index is -4.48. The normalized spacial score (nSPS) is 16.1. The summed E-state index contributed by atoms with van der Waals surface area (Å²) in [5.41, 5.74) is -0.701. The van der Waals surface area contributed by atoms with Crippen molar-refractivity contribution in [3.63, 3.8) is 0 Å². The van der Waals surface area contributed by atoms with Crippen LogP contribution in [0.4, 0.5) is 18.9 Å². The van der Waals surface area contributed by atoms with E-state index < -0.39 is 11.7 Å². The molecule has 1 aliphatic heterocycles. The first-order valence-corrected chi connectivity index (χ1v) is 5.09. The van der Waals surface area contributed by atoms with Crippen molar-refractivity contribution < 1.29 is 13.2 Å². The number of anilines is 1. The molecular weight excluding hydrogens is 231 g/mol. The summed E-state index contributed by atoms with van der Waals surface area (Å²) in [5.74, 6) is 0. The molecule has 0 aromatic heterocycles. The number of nitriles is 1. The van der Waals surface area contributed by atoms with Gasteiger partial charge >= 0.3 is 6.18 Å². The Morgan fingerprint density at radius 2 is 2.06 bits per heavy atom. The van der Waals surface area contributed by atoms with Crippen LogP contribution >= 0.6 is 0 Å². The van der Waals surface area contributed by atoms with Crippen molar-refractivity contribution in [2.24, 2.45) is 0 Å². The lowest BCUT2D eigenvalue weighted by Gasteiger charge is -2.29. The number of nitrogens with zero attached hydrogens (tertiary/aromatic N) is 1. The number of benzene rings is 1. The largest absolute Gasteiger partial charge is 0.417 e. The molecule has 1 aromatic rings. The highest BCUT2D eigenvalue weighted by molar-refractivity contribution is 5.54. The molecule has 17 heavy (non-hydrogen) atoms. The van der Waals surface area contributed by atoms with E-state index >= 15 is 0 Å². The van der Waals surface area contributed by atoms with Crippen LogP contribution in [0.3, 0.4) is 0 Å². The van der Waals surface area contributed by atoms with E-state index in [0.29, 0.717) is 5.69 Å². The Hall–Kier alpha value is -1.74. The van der Waals surface area contributed by atoms with Crippen molar-refractivity contribution in [1.29, 1.82) is 5.26 Å². The quantitative estimate of drug-likeness (QED) is 0.832. The van der Waals surface area contributed by atoms with E-state index in [1.807, 2.05) is 0 Å². The van der Waals surface area contributed by atoms with Crippen LogP contribution < -0.4 is 10.6 Å². The minimum absolute atomic E-state index is 0.221. The molecule has 1 aliphatic rings. The van der Waals surface area contributed by atoms with Crippen molar-refractivity contribution in [3.05, 3.63) is 29.3 Å². The van der Waals surface area contributed by atoms with Crippen molar-refractivity contribution in [2.75, 3.05) is 18.4 Å². The Labute approximate surface area is 96.2 Å². The standard InChI is InChI=1S/C11H10F3N3/c12-11(13,14)10-2-1-8(3-7(10)4-15)17-9-5-16-6-9/h1-3,9,16-17H,5-6H2. The summed E-state index contributed by atoms with van der Waals surface area (Å²) in [5, 5.41) is 14.8. The fourth-order valence-electron chi connectivity index (χ4n) is 1.60. The van der Waals surface area contributed by atoms with E-state index in [1.54, 1.807) is 6.07 Å². The number of halogens is 3. The first-order valence-electron chi connectivity index (χ1n) is 5.09. The van der Waals surface area contributed by atoms with Crippen LogP contribution in [0.5, 0.6) is 0 Å². The molecule has 0 unspecified atom stereocenters. The Kier molecular flexibility index (Phi) is 2.94. The number of hydrogen-bond donors (Lipinski definition) is 2. The first kappa shape index (κ1) is 11.7. The first-order chi connectivity index (χ1) is 8.00. The third-order valence-electron chi connectivity index (χ3n) is 2.60. The maximum atomic E-state index is 12.5. The second-order valence-electron chi connectivity index (χ2n) is 3.87. The van der Waals surface area contributed by atoms with Crippen LogP contribution in [0, 0.1) is 11.3 Å². The predicted octanol–water partition coefficient (Wildman–Crippen LogP) is 1.96. The van der Waals surface area contributed by atoms with Crippen LogP contribution in [-0.2, 0) is 6.18 Å². The Balaban J connectivity index is 2.25. The van der Waals surface area contributed by atoms with Gasteiger partial charge in [0.2, 0.25) is 0 Å². The number of nitrogens with one attached hydrogen (secondary N) is 2. The fourth-order valence-corrected chi connectivity index (χ4v) is 1.60. The second kappa shape index (κ2) is 4.26. The summed E-state index contributed by atoms with van der Waals surface area (Å²) < 4.78 is 37.6. The van der Waals surface area contributed by atoms with Gasteiger partial charge in [-0.2, -0.15) is 18.4 Å². The highest BCUT2D eigenvalue weighted by Crippen LogP contribution is 2.33. The zero-order valence-electron chi connectivity index (χ0n) is 8.80. The van der Waals surface area contributed by atoms with E-state index in [1.165, 1.54) is 12.1 Å². The summed E-state index contributed by atoms with van der Waals surface area (Å²) in [6, 6.07) is 5.32. The molecule has 1 fully saturated rings. The molecule has 2 N–H and O–H groups in total. The van der Waals surface area contributed by atoms with Gasteiger partial charge in [0.05, 0.1) is 23.2 Å². The van der Waals surface area contributed by atoms with E-state index in [0.717, 1.165) is 19.2 Å². The highest BCUT2D eigenvalue weighted by atomic mass is 19.4. The smallest absolute Gasteiger partial charge is 0.380 e. The molecule has 0 bridgehead atoms. The lowest BCUT2D eigenvalue weighted by Crippen LogP contribution is -2.51. The molecular formula is C11H10F3N3. The zero-order valence-corrected chi connectivity index (χ0v) is 8.80. The monoisotopic (exact) mass is 241 g/mol. The van der Waals surface area contributed by atoms with Gasteiger partial charge in [-0.05, 0) is 18.2 Å². The van der Waals surface area contributed by atoms with Crippen LogP contribution in [-0.4, -0.2) is 19.1 Å². The van der Waals surface area contributed by atoms with Crippen LogP contribution in [0.15, 0.2) is 18.2 Å². The van der Waals surface area contributed by atoms with E-state index in [-0.39, 0.29) is 11.6 Å². The number of rotatable bonds is 2. The molecule has 0 aliphatic carbocycles. The van der Waals surface area contributed by atoms with Gasteiger partial charge in [-0.25, -0.2) is 0 Å². The second-order valence-corrected chi connectivity index (χ2v) is 3.87. The number of hydrogen-bond acceptors (Lipinski definition) is 3. The number of alkyl halides is 3. The molecule has 90 valence electrons. The van der Waals surface area contributed by atoms with Gasteiger partial charge in [0.15, 0.2) is 0 Å². The van der Waals surface area contributed by atoms with Gasteiger partial charge in [-0.3, -0.25) is 0 Å². The fraction of sp³-hybridized carbons (Fsp3) is 0.364. The van der Waals surface area contributed by atoms with Crippen molar-refractivity contribution in [3.8, 4) is 6.07 Å². The molecule has 2 rings (SSSR count). The molecule has 0 amide bonds. The summed E-state index contributed by atoms with van der Waals surface area (Å²) >= 11 is 0. The molecule has 1 aromatic carbocycles. The van der Waals surface area contributed by atoms with Gasteiger partial charge in [0, 0.05) is 18.8 Å². The average Bonchev–Trinajstić information content (AvgIpc) is 2.21. The third-order valence-corrected chi connectivity index (χ3v) is 2.60. The zero-order chi connectivity index (χ0) is 12.5. The van der Waals surface area contributed by atoms with E-state index in [9.17, 15) is 13.2 Å². The SMILES string of the molecule is N#Cc1cc(NC2CNC2)ccc1C(F)(F)F. The lowest BCUT2D eigenvalue weighted by molar-refractivity contribution is -0.137. The van der Waals surface area contributed by atoms with Crippen LogP contribution in [0.1, 0.15) is 11.1 Å². The van der Waals surface area contributed by atoms with Gasteiger partial charge in [0.25, 0.3) is 0 Å². The predicted molar refractivity (Wildman–Crippen MR) is 56.4 cm³/mol. The van der Waals surface area contributed by atoms with Gasteiger partial charge in [-0.1, -0.05) is 0 Å². The minimum Gasteiger partial charge on any atom is -0.380 e. The van der Waals surface area contributed by atoms with Gasteiger partial charge in [0.1, 0.15) is 0 Å². The van der Waals surface area contributed by atoms with Crippen molar-refractivity contribution in [2.45, 2.75) is 12.2 Å². The highest BCUT2D eigenvalue weighted by Gasteiger charge is 2.33. The van der Waals surface area contributed by atoms with Crippen molar-refractivity contribution in [1.82, 2.24) is 5.32 Å². The summed E-state index contributed by atoms with van der Waals surface area (Å²) in [7, 11) is 0. The van der Waals surface area contributed by atoms with Crippen molar-refractivity contribution >= 4 is 5.69 Å². The maximum Gasteiger partial charge on any atom is 0.417 e. The van der Waals surface area contributed by atoms with Gasteiger partial charge < -0.3 is 10.6 Å². The van der Waals surface area contributed by atoms with Crippen LogP contribution in [0.2, 0.25) is 0 Å². The average molecular weight is 241 g/mol. The molecule has 1 saturated heterocycles. The molecule has 3 nitrogen and oxygen atoms in total.